The van der Waals surface area contributed by atoms with Gasteiger partial charge in [0, 0.05) is 12.1 Å². The van der Waals surface area contributed by atoms with E-state index in [0.29, 0.717) is 0 Å². The molecule has 2 bridgehead atoms. The Hall–Kier alpha value is -0.0400. The van der Waals surface area contributed by atoms with Gasteiger partial charge in [0.15, 0.2) is 0 Å². The van der Waals surface area contributed by atoms with E-state index in [9.17, 15) is 0 Å². The SMILES string of the molecule is CC1C2CC(N2)C1C. The van der Waals surface area contributed by atoms with Gasteiger partial charge in [-0.3, -0.25) is 0 Å². The lowest BCUT2D eigenvalue weighted by Crippen LogP contribution is -2.45. The molecule has 0 amide bonds. The molecule has 3 rings (SSSR count). The second-order valence-electron chi connectivity index (χ2n) is 3.33. The molecule has 0 aromatic carbocycles. The molecule has 4 unspecified atom stereocenters. The van der Waals surface area contributed by atoms with Gasteiger partial charge in [-0.1, -0.05) is 13.8 Å². The Morgan fingerprint density at radius 2 is 1.50 bits per heavy atom. The van der Waals surface area contributed by atoms with Crippen molar-refractivity contribution in [1.82, 2.24) is 5.32 Å². The van der Waals surface area contributed by atoms with Crippen molar-refractivity contribution in [3.63, 3.8) is 0 Å². The molecule has 3 aliphatic rings. The number of hydrogen-bond acceptors (Lipinski definition) is 1. The summed E-state index contributed by atoms with van der Waals surface area (Å²) in [4.78, 5) is 0. The molecule has 3 fully saturated rings. The minimum Gasteiger partial charge on any atom is -0.311 e. The lowest BCUT2D eigenvalue weighted by atomic mass is 10.0. The fourth-order valence-corrected chi connectivity index (χ4v) is 1.99. The zero-order chi connectivity index (χ0) is 5.72. The molecule has 1 aliphatic carbocycles. The summed E-state index contributed by atoms with van der Waals surface area (Å²) in [7, 11) is 0. The van der Waals surface area contributed by atoms with Crippen LogP contribution < -0.4 is 5.32 Å². The van der Waals surface area contributed by atoms with E-state index >= 15 is 0 Å². The third-order valence-corrected chi connectivity index (χ3v) is 3.03. The number of hydrogen-bond donors (Lipinski definition) is 1. The van der Waals surface area contributed by atoms with Gasteiger partial charge in [0.2, 0.25) is 0 Å². The molecule has 4 atom stereocenters. The minimum atomic E-state index is 0.884. The van der Waals surface area contributed by atoms with E-state index in [1.165, 1.54) is 6.42 Å². The van der Waals surface area contributed by atoms with Crippen LogP contribution in [0.2, 0.25) is 0 Å². The van der Waals surface area contributed by atoms with Crippen molar-refractivity contribution in [3.05, 3.63) is 0 Å². The van der Waals surface area contributed by atoms with Gasteiger partial charge in [0.1, 0.15) is 0 Å². The summed E-state index contributed by atoms with van der Waals surface area (Å²) in [5, 5.41) is 3.52. The second kappa shape index (κ2) is 1.27. The predicted octanol–water partition coefficient (Wildman–Crippen LogP) is 1.00. The number of fused-ring (bicyclic) bond motifs is 1. The van der Waals surface area contributed by atoms with E-state index in [2.05, 4.69) is 19.2 Å². The first kappa shape index (κ1) is 4.80. The molecule has 1 nitrogen and oxygen atoms in total. The standard InChI is InChI=1S/C7H13N/c1-4-5(2)7-3-6(4)8-7/h4-8H,3H2,1-2H3. The van der Waals surface area contributed by atoms with Gasteiger partial charge in [-0.05, 0) is 18.3 Å². The zero-order valence-corrected chi connectivity index (χ0v) is 5.52. The summed E-state index contributed by atoms with van der Waals surface area (Å²) in [6.07, 6.45) is 1.45. The quantitative estimate of drug-likeness (QED) is 0.492. The normalized spacial score (nSPS) is 60.8. The maximum atomic E-state index is 3.52. The summed E-state index contributed by atoms with van der Waals surface area (Å²) >= 11 is 0. The number of rotatable bonds is 0. The Balaban J connectivity index is 2.16. The topological polar surface area (TPSA) is 12.0 Å². The molecule has 0 aromatic heterocycles. The van der Waals surface area contributed by atoms with Gasteiger partial charge < -0.3 is 5.32 Å². The van der Waals surface area contributed by atoms with Gasteiger partial charge in [-0.15, -0.1) is 0 Å². The predicted molar refractivity (Wildman–Crippen MR) is 33.7 cm³/mol. The Labute approximate surface area is 50.5 Å². The summed E-state index contributed by atoms with van der Waals surface area (Å²) in [5.74, 6) is 1.89. The average molecular weight is 111 g/mol. The van der Waals surface area contributed by atoms with Gasteiger partial charge >= 0.3 is 0 Å². The molecule has 8 heavy (non-hydrogen) atoms. The van der Waals surface area contributed by atoms with Crippen molar-refractivity contribution in [1.29, 1.82) is 0 Å². The van der Waals surface area contributed by atoms with Crippen LogP contribution in [0.15, 0.2) is 0 Å². The maximum absolute atomic E-state index is 3.52. The summed E-state index contributed by atoms with van der Waals surface area (Å²) < 4.78 is 0. The Morgan fingerprint density at radius 1 is 1.12 bits per heavy atom. The van der Waals surface area contributed by atoms with Crippen molar-refractivity contribution in [2.75, 3.05) is 0 Å². The van der Waals surface area contributed by atoms with Crippen molar-refractivity contribution in [3.8, 4) is 0 Å². The average Bonchev–Trinajstić information content (AvgIpc) is 1.89. The van der Waals surface area contributed by atoms with E-state index in [1.54, 1.807) is 0 Å². The molecular weight excluding hydrogens is 98.1 g/mol. The van der Waals surface area contributed by atoms with E-state index < -0.39 is 0 Å². The summed E-state index contributed by atoms with van der Waals surface area (Å²) in [5.41, 5.74) is 0. The molecule has 2 aliphatic heterocycles. The van der Waals surface area contributed by atoms with Crippen LogP contribution in [0.25, 0.3) is 0 Å². The highest BCUT2D eigenvalue weighted by Crippen LogP contribution is 2.39. The van der Waals surface area contributed by atoms with E-state index in [4.69, 9.17) is 0 Å². The van der Waals surface area contributed by atoms with Crippen LogP contribution in [-0.2, 0) is 0 Å². The van der Waals surface area contributed by atoms with Crippen LogP contribution in [0.1, 0.15) is 20.3 Å². The van der Waals surface area contributed by atoms with Crippen LogP contribution in [0.4, 0.5) is 0 Å². The van der Waals surface area contributed by atoms with E-state index in [0.717, 1.165) is 23.9 Å². The summed E-state index contributed by atoms with van der Waals surface area (Å²) in [6.45, 7) is 4.71. The molecule has 46 valence electrons. The molecule has 0 aromatic rings. The lowest BCUT2D eigenvalue weighted by Gasteiger charge is -2.26. The van der Waals surface area contributed by atoms with Crippen LogP contribution in [0.5, 0.6) is 0 Å². The fraction of sp³-hybridized carbons (Fsp3) is 1.00. The highest BCUT2D eigenvalue weighted by atomic mass is 15.1. The molecule has 1 heteroatoms. The van der Waals surface area contributed by atoms with Crippen LogP contribution >= 0.6 is 0 Å². The van der Waals surface area contributed by atoms with Gasteiger partial charge in [-0.2, -0.15) is 0 Å². The van der Waals surface area contributed by atoms with Gasteiger partial charge in [0.25, 0.3) is 0 Å². The molecular formula is C7H13N. The fourth-order valence-electron chi connectivity index (χ4n) is 1.99. The third-order valence-electron chi connectivity index (χ3n) is 3.03. The van der Waals surface area contributed by atoms with E-state index in [-0.39, 0.29) is 0 Å². The van der Waals surface area contributed by atoms with Crippen molar-refractivity contribution < 1.29 is 0 Å². The van der Waals surface area contributed by atoms with Crippen LogP contribution in [-0.4, -0.2) is 12.1 Å². The molecule has 2 saturated heterocycles. The monoisotopic (exact) mass is 111 g/mol. The second-order valence-corrected chi connectivity index (χ2v) is 3.33. The summed E-state index contributed by atoms with van der Waals surface area (Å²) in [6, 6.07) is 1.77. The lowest BCUT2D eigenvalue weighted by molar-refractivity contribution is 0.339. The zero-order valence-electron chi connectivity index (χ0n) is 5.52. The Morgan fingerprint density at radius 3 is 1.62 bits per heavy atom. The molecule has 1 saturated carbocycles. The van der Waals surface area contributed by atoms with Crippen LogP contribution in [0.3, 0.4) is 0 Å². The highest BCUT2D eigenvalue weighted by molar-refractivity contribution is 5.04. The Bertz CT molecular complexity index is 93.0. The maximum Gasteiger partial charge on any atom is 0.0113 e. The van der Waals surface area contributed by atoms with Gasteiger partial charge in [0.05, 0.1) is 0 Å². The molecule has 0 radical (unpaired) electrons. The molecule has 0 spiro atoms. The van der Waals surface area contributed by atoms with Crippen molar-refractivity contribution >= 4 is 0 Å². The van der Waals surface area contributed by atoms with Crippen molar-refractivity contribution in [2.24, 2.45) is 11.8 Å². The number of nitrogens with one attached hydrogen (secondary N) is 1. The highest BCUT2D eigenvalue weighted by Gasteiger charge is 2.46. The van der Waals surface area contributed by atoms with E-state index in [1.807, 2.05) is 0 Å². The van der Waals surface area contributed by atoms with Crippen LogP contribution in [0, 0.1) is 11.8 Å². The Kier molecular flexibility index (Phi) is 0.762. The van der Waals surface area contributed by atoms with Gasteiger partial charge in [-0.25, -0.2) is 0 Å². The molecule has 1 N–H and O–H groups in total. The van der Waals surface area contributed by atoms with Crippen molar-refractivity contribution in [2.45, 2.75) is 32.4 Å². The molecule has 2 heterocycles. The largest absolute Gasteiger partial charge is 0.311 e. The first-order valence-electron chi connectivity index (χ1n) is 3.55. The smallest absolute Gasteiger partial charge is 0.0113 e. The third kappa shape index (κ3) is 0.368. The minimum absolute atomic E-state index is 0.884. The first-order valence-corrected chi connectivity index (χ1v) is 3.55. The first-order chi connectivity index (χ1) is 3.79.